The molecule has 1 aromatic carbocycles. The molecule has 1 saturated carbocycles. The van der Waals surface area contributed by atoms with Gasteiger partial charge in [0.2, 0.25) is 5.91 Å². The number of carbonyl (C=O) groups is 1. The molecule has 0 bridgehead atoms. The summed E-state index contributed by atoms with van der Waals surface area (Å²) in [6.07, 6.45) is 2.07. The predicted molar refractivity (Wildman–Crippen MR) is 65.0 cm³/mol. The summed E-state index contributed by atoms with van der Waals surface area (Å²) in [7, 11) is 0. The maximum Gasteiger partial charge on any atom is 0.227 e. The van der Waals surface area contributed by atoms with Gasteiger partial charge in [0.25, 0.3) is 0 Å². The van der Waals surface area contributed by atoms with Crippen molar-refractivity contribution in [2.75, 3.05) is 5.32 Å². The van der Waals surface area contributed by atoms with Crippen LogP contribution in [0.3, 0.4) is 0 Å². The predicted octanol–water partition coefficient (Wildman–Crippen LogP) is 3.41. The average molecular weight is 268 g/mol. The Bertz CT molecular complexity index is 387. The van der Waals surface area contributed by atoms with Crippen LogP contribution in [0.4, 0.5) is 5.69 Å². The molecule has 0 saturated heterocycles. The average Bonchev–Trinajstić information content (AvgIpc) is 2.93. The Labute approximate surface area is 98.2 Å². The van der Waals surface area contributed by atoms with Crippen LogP contribution in [0, 0.1) is 19.8 Å². The van der Waals surface area contributed by atoms with Crippen molar-refractivity contribution < 1.29 is 4.79 Å². The fourth-order valence-corrected chi connectivity index (χ4v) is 2.42. The SMILES string of the molecule is Cc1cc(C)c(NC(=O)C2CC2)c(Br)c1. The molecule has 0 heterocycles. The lowest BCUT2D eigenvalue weighted by molar-refractivity contribution is -0.117. The van der Waals surface area contributed by atoms with E-state index >= 15 is 0 Å². The van der Waals surface area contributed by atoms with Crippen LogP contribution in [-0.2, 0) is 4.79 Å². The van der Waals surface area contributed by atoms with Gasteiger partial charge in [-0.15, -0.1) is 0 Å². The Kier molecular flexibility index (Phi) is 2.83. The highest BCUT2D eigenvalue weighted by atomic mass is 79.9. The molecule has 1 aliphatic carbocycles. The molecule has 15 heavy (non-hydrogen) atoms. The van der Waals surface area contributed by atoms with E-state index in [-0.39, 0.29) is 11.8 Å². The Morgan fingerprint density at radius 2 is 2.07 bits per heavy atom. The molecular formula is C12H14BrNO. The second-order valence-electron chi connectivity index (χ2n) is 4.20. The third-order valence-corrected chi connectivity index (χ3v) is 3.25. The van der Waals surface area contributed by atoms with Crippen molar-refractivity contribution in [3.8, 4) is 0 Å². The molecule has 1 aromatic rings. The molecule has 80 valence electrons. The molecule has 2 nitrogen and oxygen atoms in total. The van der Waals surface area contributed by atoms with E-state index in [9.17, 15) is 4.79 Å². The van der Waals surface area contributed by atoms with Crippen LogP contribution < -0.4 is 5.32 Å². The third kappa shape index (κ3) is 2.40. The Morgan fingerprint density at radius 1 is 1.40 bits per heavy atom. The minimum atomic E-state index is 0.155. The fourth-order valence-electron chi connectivity index (χ4n) is 1.64. The maximum atomic E-state index is 11.6. The van der Waals surface area contributed by atoms with Crippen molar-refractivity contribution in [2.24, 2.45) is 5.92 Å². The van der Waals surface area contributed by atoms with Crippen LogP contribution in [0.25, 0.3) is 0 Å². The second kappa shape index (κ2) is 3.97. The zero-order valence-corrected chi connectivity index (χ0v) is 10.5. The number of aryl methyl sites for hydroxylation is 2. The van der Waals surface area contributed by atoms with Gasteiger partial charge in [-0.1, -0.05) is 6.07 Å². The quantitative estimate of drug-likeness (QED) is 0.874. The van der Waals surface area contributed by atoms with E-state index in [1.54, 1.807) is 0 Å². The van der Waals surface area contributed by atoms with Crippen molar-refractivity contribution in [1.29, 1.82) is 0 Å². The number of amides is 1. The molecule has 1 fully saturated rings. The minimum absolute atomic E-state index is 0.155. The summed E-state index contributed by atoms with van der Waals surface area (Å²) in [5.41, 5.74) is 3.22. The van der Waals surface area contributed by atoms with Crippen LogP contribution >= 0.6 is 15.9 Å². The summed E-state index contributed by atoms with van der Waals surface area (Å²) < 4.78 is 0.967. The van der Waals surface area contributed by atoms with Gasteiger partial charge in [-0.25, -0.2) is 0 Å². The third-order valence-electron chi connectivity index (χ3n) is 2.63. The summed E-state index contributed by atoms with van der Waals surface area (Å²) in [5.74, 6) is 0.403. The lowest BCUT2D eigenvalue weighted by atomic mass is 10.1. The summed E-state index contributed by atoms with van der Waals surface area (Å²) >= 11 is 3.48. The fraction of sp³-hybridized carbons (Fsp3) is 0.417. The second-order valence-corrected chi connectivity index (χ2v) is 5.06. The number of carbonyl (C=O) groups excluding carboxylic acids is 1. The number of hydrogen-bond donors (Lipinski definition) is 1. The first kappa shape index (κ1) is 10.7. The number of rotatable bonds is 2. The lowest BCUT2D eigenvalue weighted by Gasteiger charge is -2.11. The molecule has 0 atom stereocenters. The molecule has 2 rings (SSSR count). The summed E-state index contributed by atoms with van der Waals surface area (Å²) in [6, 6.07) is 4.10. The summed E-state index contributed by atoms with van der Waals surface area (Å²) in [6.45, 7) is 4.06. The molecule has 0 unspecified atom stereocenters. The van der Waals surface area contributed by atoms with Gasteiger partial charge in [0.15, 0.2) is 0 Å². The largest absolute Gasteiger partial charge is 0.325 e. The molecule has 1 N–H and O–H groups in total. The highest BCUT2D eigenvalue weighted by Gasteiger charge is 2.30. The van der Waals surface area contributed by atoms with E-state index in [1.807, 2.05) is 19.9 Å². The van der Waals surface area contributed by atoms with Crippen molar-refractivity contribution in [3.05, 3.63) is 27.7 Å². The van der Waals surface area contributed by atoms with Crippen molar-refractivity contribution in [2.45, 2.75) is 26.7 Å². The van der Waals surface area contributed by atoms with Crippen molar-refractivity contribution >= 4 is 27.5 Å². The van der Waals surface area contributed by atoms with Crippen LogP contribution in [0.5, 0.6) is 0 Å². The molecular weight excluding hydrogens is 254 g/mol. The Hall–Kier alpha value is -0.830. The van der Waals surface area contributed by atoms with Gasteiger partial charge >= 0.3 is 0 Å². The van der Waals surface area contributed by atoms with Gasteiger partial charge in [0, 0.05) is 10.4 Å². The maximum absolute atomic E-state index is 11.6. The molecule has 1 amide bonds. The first-order valence-electron chi connectivity index (χ1n) is 5.15. The van der Waals surface area contributed by atoms with E-state index < -0.39 is 0 Å². The zero-order chi connectivity index (χ0) is 11.0. The summed E-state index contributed by atoms with van der Waals surface area (Å²) in [4.78, 5) is 11.6. The highest BCUT2D eigenvalue weighted by Crippen LogP contribution is 2.33. The standard InChI is InChI=1S/C12H14BrNO/c1-7-5-8(2)11(10(13)6-7)14-12(15)9-3-4-9/h5-6,9H,3-4H2,1-2H3,(H,14,15). The zero-order valence-electron chi connectivity index (χ0n) is 8.93. The van der Waals surface area contributed by atoms with E-state index in [0.717, 1.165) is 28.6 Å². The molecule has 0 spiro atoms. The first-order chi connectivity index (χ1) is 7.08. The number of halogens is 1. The Morgan fingerprint density at radius 3 is 2.60 bits per heavy atom. The van der Waals surface area contributed by atoms with E-state index in [4.69, 9.17) is 0 Å². The van der Waals surface area contributed by atoms with Gasteiger partial charge < -0.3 is 5.32 Å². The van der Waals surface area contributed by atoms with Gasteiger partial charge in [0.1, 0.15) is 0 Å². The highest BCUT2D eigenvalue weighted by molar-refractivity contribution is 9.10. The topological polar surface area (TPSA) is 29.1 Å². The van der Waals surface area contributed by atoms with Gasteiger partial charge in [-0.05, 0) is 59.8 Å². The molecule has 1 aliphatic rings. The van der Waals surface area contributed by atoms with Gasteiger partial charge in [0.05, 0.1) is 5.69 Å². The molecule has 3 heteroatoms. The molecule has 0 radical (unpaired) electrons. The Balaban J connectivity index is 2.23. The number of benzene rings is 1. The van der Waals surface area contributed by atoms with Crippen LogP contribution in [0.15, 0.2) is 16.6 Å². The number of nitrogens with one attached hydrogen (secondary N) is 1. The normalized spacial score (nSPS) is 15.1. The number of hydrogen-bond acceptors (Lipinski definition) is 1. The van der Waals surface area contributed by atoms with E-state index in [0.29, 0.717) is 0 Å². The smallest absolute Gasteiger partial charge is 0.227 e. The molecule has 0 aliphatic heterocycles. The monoisotopic (exact) mass is 267 g/mol. The first-order valence-corrected chi connectivity index (χ1v) is 5.95. The van der Waals surface area contributed by atoms with Crippen LogP contribution in [0.1, 0.15) is 24.0 Å². The summed E-state index contributed by atoms with van der Waals surface area (Å²) in [5, 5.41) is 2.98. The molecule has 0 aromatic heterocycles. The van der Waals surface area contributed by atoms with Gasteiger partial charge in [-0.3, -0.25) is 4.79 Å². The van der Waals surface area contributed by atoms with Crippen molar-refractivity contribution in [1.82, 2.24) is 0 Å². The van der Waals surface area contributed by atoms with Gasteiger partial charge in [-0.2, -0.15) is 0 Å². The van der Waals surface area contributed by atoms with E-state index in [2.05, 4.69) is 27.3 Å². The lowest BCUT2D eigenvalue weighted by Crippen LogP contribution is -2.14. The van der Waals surface area contributed by atoms with E-state index in [1.165, 1.54) is 5.56 Å². The van der Waals surface area contributed by atoms with Crippen LogP contribution in [-0.4, -0.2) is 5.91 Å². The van der Waals surface area contributed by atoms with Crippen molar-refractivity contribution in [3.63, 3.8) is 0 Å². The van der Waals surface area contributed by atoms with Crippen LogP contribution in [0.2, 0.25) is 0 Å². The number of anilines is 1. The minimum Gasteiger partial charge on any atom is -0.325 e.